The molecule has 0 radical (unpaired) electrons. The molecule has 6 nitrogen and oxygen atoms in total. The van der Waals surface area contributed by atoms with Gasteiger partial charge in [0.25, 0.3) is 0 Å². The molecule has 0 saturated carbocycles. The average Bonchev–Trinajstić information content (AvgIpc) is 2.34. The third kappa shape index (κ3) is 3.76. The summed E-state index contributed by atoms with van der Waals surface area (Å²) in [5, 5.41) is 2.26. The van der Waals surface area contributed by atoms with Crippen LogP contribution >= 0.6 is 0 Å². The van der Waals surface area contributed by atoms with Crippen molar-refractivity contribution in [1.29, 1.82) is 0 Å². The fourth-order valence-corrected chi connectivity index (χ4v) is 2.41. The van der Waals surface area contributed by atoms with Crippen molar-refractivity contribution in [2.75, 3.05) is 13.1 Å². The number of hydrogen-bond donors (Lipinski definition) is 2. The molecule has 0 spiro atoms. The highest BCUT2D eigenvalue weighted by Crippen LogP contribution is 2.18. The zero-order valence-electron chi connectivity index (χ0n) is 11.8. The van der Waals surface area contributed by atoms with Gasteiger partial charge in [0.05, 0.1) is 5.92 Å². The van der Waals surface area contributed by atoms with Gasteiger partial charge in [0.1, 0.15) is 12.6 Å². The summed E-state index contributed by atoms with van der Waals surface area (Å²) in [6.45, 7) is 6.03. The van der Waals surface area contributed by atoms with E-state index in [2.05, 4.69) is 5.32 Å². The summed E-state index contributed by atoms with van der Waals surface area (Å²) in [6.07, 6.45) is 1.15. The van der Waals surface area contributed by atoms with Gasteiger partial charge in [-0.15, -0.1) is 0 Å². The Hall–Kier alpha value is -1.43. The van der Waals surface area contributed by atoms with Crippen LogP contribution in [0.1, 0.15) is 33.6 Å². The quantitative estimate of drug-likeness (QED) is 0.680. The van der Waals surface area contributed by atoms with E-state index in [1.807, 2.05) is 20.8 Å². The standard InChI is InChI=1S/C13H23N3O3/c1-4-10-12(18)15-11(17)7-16(10)13(19)9(6-14)5-8(2)3/h8-10H,4-7,14H2,1-3H3,(H,15,17,18). The summed E-state index contributed by atoms with van der Waals surface area (Å²) < 4.78 is 0. The van der Waals surface area contributed by atoms with Crippen molar-refractivity contribution in [3.63, 3.8) is 0 Å². The van der Waals surface area contributed by atoms with Gasteiger partial charge in [-0.05, 0) is 18.8 Å². The Morgan fingerprint density at radius 2 is 2.11 bits per heavy atom. The van der Waals surface area contributed by atoms with Crippen LogP contribution in [0, 0.1) is 11.8 Å². The van der Waals surface area contributed by atoms with Gasteiger partial charge in [-0.1, -0.05) is 20.8 Å². The second-order valence-corrected chi connectivity index (χ2v) is 5.36. The van der Waals surface area contributed by atoms with Gasteiger partial charge in [0.2, 0.25) is 17.7 Å². The molecule has 1 saturated heterocycles. The first-order valence-corrected chi connectivity index (χ1v) is 6.74. The molecule has 0 aromatic rings. The normalized spacial score (nSPS) is 21.5. The van der Waals surface area contributed by atoms with E-state index >= 15 is 0 Å². The van der Waals surface area contributed by atoms with Crippen LogP contribution in [0.3, 0.4) is 0 Å². The Bertz CT molecular complexity index is 368. The molecule has 3 N–H and O–H groups in total. The number of rotatable bonds is 5. The van der Waals surface area contributed by atoms with Gasteiger partial charge < -0.3 is 10.6 Å². The lowest BCUT2D eigenvalue weighted by Crippen LogP contribution is -2.61. The maximum atomic E-state index is 12.4. The van der Waals surface area contributed by atoms with Crippen molar-refractivity contribution in [3.8, 4) is 0 Å². The first kappa shape index (κ1) is 15.6. The van der Waals surface area contributed by atoms with Gasteiger partial charge >= 0.3 is 0 Å². The molecule has 1 fully saturated rings. The number of carbonyl (C=O) groups excluding carboxylic acids is 3. The average molecular weight is 269 g/mol. The Labute approximate surface area is 113 Å². The van der Waals surface area contributed by atoms with E-state index in [-0.39, 0.29) is 24.9 Å². The predicted octanol–water partition coefficient (Wildman–Crippen LogP) is -0.129. The van der Waals surface area contributed by atoms with Gasteiger partial charge in [-0.25, -0.2) is 0 Å². The minimum absolute atomic E-state index is 0.0579. The second kappa shape index (κ2) is 6.65. The van der Waals surface area contributed by atoms with E-state index in [9.17, 15) is 14.4 Å². The van der Waals surface area contributed by atoms with Crippen molar-refractivity contribution in [1.82, 2.24) is 10.2 Å². The molecular formula is C13H23N3O3. The Balaban J connectivity index is 2.87. The topological polar surface area (TPSA) is 92.5 Å². The first-order chi connectivity index (χ1) is 8.90. The highest BCUT2D eigenvalue weighted by molar-refractivity contribution is 6.04. The third-order valence-electron chi connectivity index (χ3n) is 3.31. The SMILES string of the molecule is CCC1C(=O)NC(=O)CN1C(=O)C(CN)CC(C)C. The van der Waals surface area contributed by atoms with Crippen LogP contribution in [0.15, 0.2) is 0 Å². The molecule has 0 aliphatic carbocycles. The number of carbonyl (C=O) groups is 3. The Morgan fingerprint density at radius 3 is 2.58 bits per heavy atom. The zero-order chi connectivity index (χ0) is 14.6. The minimum atomic E-state index is -0.564. The van der Waals surface area contributed by atoms with Crippen LogP contribution in [0.5, 0.6) is 0 Å². The molecule has 1 heterocycles. The van der Waals surface area contributed by atoms with Crippen LogP contribution in [0.2, 0.25) is 0 Å². The molecule has 2 unspecified atom stereocenters. The van der Waals surface area contributed by atoms with E-state index in [1.54, 1.807) is 0 Å². The highest BCUT2D eigenvalue weighted by Gasteiger charge is 2.37. The fraction of sp³-hybridized carbons (Fsp3) is 0.769. The molecule has 1 aliphatic heterocycles. The van der Waals surface area contributed by atoms with Crippen LogP contribution in [0.4, 0.5) is 0 Å². The van der Waals surface area contributed by atoms with E-state index in [1.165, 1.54) is 4.90 Å². The number of nitrogens with two attached hydrogens (primary N) is 1. The number of piperazine rings is 1. The lowest BCUT2D eigenvalue weighted by molar-refractivity contribution is -0.152. The van der Waals surface area contributed by atoms with E-state index in [0.29, 0.717) is 18.8 Å². The lowest BCUT2D eigenvalue weighted by atomic mass is 9.94. The maximum absolute atomic E-state index is 12.4. The second-order valence-electron chi connectivity index (χ2n) is 5.36. The number of amides is 3. The van der Waals surface area contributed by atoms with Crippen molar-refractivity contribution >= 4 is 17.7 Å². The summed E-state index contributed by atoms with van der Waals surface area (Å²) in [5.41, 5.74) is 5.65. The lowest BCUT2D eigenvalue weighted by Gasteiger charge is -2.35. The highest BCUT2D eigenvalue weighted by atomic mass is 16.2. The molecule has 0 aromatic carbocycles. The predicted molar refractivity (Wildman–Crippen MR) is 70.9 cm³/mol. The Morgan fingerprint density at radius 1 is 1.47 bits per heavy atom. The molecule has 6 heteroatoms. The summed E-state index contributed by atoms with van der Waals surface area (Å²) in [6, 6.07) is -0.564. The molecule has 2 atom stereocenters. The van der Waals surface area contributed by atoms with Gasteiger partial charge in [-0.2, -0.15) is 0 Å². The molecule has 0 aromatic heterocycles. The maximum Gasteiger partial charge on any atom is 0.249 e. The van der Waals surface area contributed by atoms with Crippen LogP contribution in [-0.2, 0) is 14.4 Å². The summed E-state index contributed by atoms with van der Waals surface area (Å²) in [4.78, 5) is 37.0. The summed E-state index contributed by atoms with van der Waals surface area (Å²) in [7, 11) is 0. The Kier molecular flexibility index (Phi) is 5.47. The van der Waals surface area contributed by atoms with Crippen LogP contribution in [0.25, 0.3) is 0 Å². The molecule has 1 aliphatic rings. The van der Waals surface area contributed by atoms with Crippen molar-refractivity contribution in [3.05, 3.63) is 0 Å². The fourth-order valence-electron chi connectivity index (χ4n) is 2.41. The third-order valence-corrected chi connectivity index (χ3v) is 3.31. The largest absolute Gasteiger partial charge is 0.330 e. The number of nitrogens with one attached hydrogen (secondary N) is 1. The molecule has 3 amide bonds. The van der Waals surface area contributed by atoms with Crippen molar-refractivity contribution in [2.45, 2.75) is 39.7 Å². The van der Waals surface area contributed by atoms with Gasteiger partial charge in [0, 0.05) is 6.54 Å². The smallest absolute Gasteiger partial charge is 0.249 e. The van der Waals surface area contributed by atoms with Crippen LogP contribution in [-0.4, -0.2) is 41.8 Å². The summed E-state index contributed by atoms with van der Waals surface area (Å²) >= 11 is 0. The molecule has 108 valence electrons. The minimum Gasteiger partial charge on any atom is -0.330 e. The van der Waals surface area contributed by atoms with Crippen molar-refractivity contribution in [2.24, 2.45) is 17.6 Å². The molecule has 19 heavy (non-hydrogen) atoms. The molecule has 1 rings (SSSR count). The van der Waals surface area contributed by atoms with Gasteiger partial charge in [-0.3, -0.25) is 19.7 Å². The number of imide groups is 1. The first-order valence-electron chi connectivity index (χ1n) is 6.74. The van der Waals surface area contributed by atoms with E-state index < -0.39 is 17.9 Å². The zero-order valence-corrected chi connectivity index (χ0v) is 11.8. The van der Waals surface area contributed by atoms with Crippen LogP contribution < -0.4 is 11.1 Å². The summed E-state index contributed by atoms with van der Waals surface area (Å²) in [5.74, 6) is -0.998. The van der Waals surface area contributed by atoms with Gasteiger partial charge in [0.15, 0.2) is 0 Å². The van der Waals surface area contributed by atoms with E-state index in [0.717, 1.165) is 0 Å². The van der Waals surface area contributed by atoms with Crippen molar-refractivity contribution < 1.29 is 14.4 Å². The number of hydrogen-bond acceptors (Lipinski definition) is 4. The molecule has 0 bridgehead atoms. The number of nitrogens with zero attached hydrogens (tertiary/aromatic N) is 1. The molecular weight excluding hydrogens is 246 g/mol. The van der Waals surface area contributed by atoms with E-state index in [4.69, 9.17) is 5.73 Å². The monoisotopic (exact) mass is 269 g/mol.